The van der Waals surface area contributed by atoms with Gasteiger partial charge in [0, 0.05) is 31.8 Å². The predicted molar refractivity (Wildman–Crippen MR) is 75.8 cm³/mol. The zero-order chi connectivity index (χ0) is 14.3. The Morgan fingerprint density at radius 1 is 1.21 bits per heavy atom. The minimum atomic E-state index is 0.0935. The van der Waals surface area contributed by atoms with Crippen LogP contribution in [0.5, 0.6) is 11.5 Å². The quantitative estimate of drug-likeness (QED) is 0.769. The van der Waals surface area contributed by atoms with Crippen LogP contribution < -0.4 is 15.2 Å². The van der Waals surface area contributed by atoms with Crippen LogP contribution >= 0.6 is 0 Å². The highest BCUT2D eigenvalue weighted by Crippen LogP contribution is 2.31. The number of likely N-dealkylation sites (N-methyl/N-ethyl adjacent to an activating group) is 1. The van der Waals surface area contributed by atoms with Crippen molar-refractivity contribution in [2.24, 2.45) is 5.73 Å². The fourth-order valence-electron chi connectivity index (χ4n) is 2.03. The normalized spacial score (nSPS) is 12.5. The molecule has 0 aliphatic rings. The van der Waals surface area contributed by atoms with Gasteiger partial charge in [0.2, 0.25) is 0 Å². The first kappa shape index (κ1) is 15.8. The van der Waals surface area contributed by atoms with E-state index in [-0.39, 0.29) is 6.04 Å². The van der Waals surface area contributed by atoms with Crippen molar-refractivity contribution in [2.45, 2.75) is 6.04 Å². The lowest BCUT2D eigenvalue weighted by molar-refractivity contribution is 0.139. The largest absolute Gasteiger partial charge is 0.497 e. The summed E-state index contributed by atoms with van der Waals surface area (Å²) >= 11 is 0. The summed E-state index contributed by atoms with van der Waals surface area (Å²) in [6, 6.07) is 5.89. The Balaban J connectivity index is 2.96. The number of nitrogens with zero attached hydrogens (tertiary/aromatic N) is 1. The first-order chi connectivity index (χ1) is 9.17. The molecule has 0 amide bonds. The zero-order valence-electron chi connectivity index (χ0n) is 12.2. The van der Waals surface area contributed by atoms with E-state index in [2.05, 4.69) is 4.90 Å². The van der Waals surface area contributed by atoms with E-state index in [0.717, 1.165) is 23.6 Å². The van der Waals surface area contributed by atoms with Crippen molar-refractivity contribution in [3.8, 4) is 11.5 Å². The highest BCUT2D eigenvalue weighted by Gasteiger charge is 2.19. The summed E-state index contributed by atoms with van der Waals surface area (Å²) in [5.74, 6) is 1.56. The van der Waals surface area contributed by atoms with Crippen molar-refractivity contribution in [2.75, 3.05) is 48.1 Å². The van der Waals surface area contributed by atoms with Gasteiger partial charge in [-0.1, -0.05) is 6.07 Å². The lowest BCUT2D eigenvalue weighted by atomic mass is 10.0. The Labute approximate surface area is 115 Å². The molecular formula is C14H24N2O3. The molecule has 0 spiro atoms. The van der Waals surface area contributed by atoms with Crippen LogP contribution in [0.3, 0.4) is 0 Å². The van der Waals surface area contributed by atoms with Gasteiger partial charge in [-0.25, -0.2) is 0 Å². The summed E-state index contributed by atoms with van der Waals surface area (Å²) in [6.45, 7) is 2.00. The van der Waals surface area contributed by atoms with E-state index in [1.165, 1.54) is 0 Å². The molecule has 0 saturated heterocycles. The molecule has 108 valence electrons. The molecule has 0 aliphatic carbocycles. The van der Waals surface area contributed by atoms with Crippen molar-refractivity contribution >= 4 is 0 Å². The minimum absolute atomic E-state index is 0.0935. The van der Waals surface area contributed by atoms with Crippen LogP contribution in [0.25, 0.3) is 0 Å². The number of nitrogens with two attached hydrogens (primary N) is 1. The summed E-state index contributed by atoms with van der Waals surface area (Å²) in [4.78, 5) is 2.16. The molecule has 0 aliphatic heterocycles. The van der Waals surface area contributed by atoms with E-state index in [1.54, 1.807) is 21.3 Å². The second-order valence-electron chi connectivity index (χ2n) is 4.33. The number of ether oxygens (including phenoxy) is 3. The second kappa shape index (κ2) is 7.99. The number of rotatable bonds is 8. The summed E-state index contributed by atoms with van der Waals surface area (Å²) in [7, 11) is 7.01. The molecule has 0 fully saturated rings. The summed E-state index contributed by atoms with van der Waals surface area (Å²) in [5.41, 5.74) is 6.96. The minimum Gasteiger partial charge on any atom is -0.497 e. The third-order valence-electron chi connectivity index (χ3n) is 3.20. The molecule has 0 saturated carbocycles. The lowest BCUT2D eigenvalue weighted by Gasteiger charge is -2.28. The highest BCUT2D eigenvalue weighted by molar-refractivity contribution is 5.42. The van der Waals surface area contributed by atoms with Crippen LogP contribution in [-0.4, -0.2) is 53.0 Å². The van der Waals surface area contributed by atoms with Crippen LogP contribution in [0.2, 0.25) is 0 Å². The first-order valence-corrected chi connectivity index (χ1v) is 6.29. The summed E-state index contributed by atoms with van der Waals surface area (Å²) in [6.07, 6.45) is 0. The van der Waals surface area contributed by atoms with Gasteiger partial charge in [-0.05, 0) is 13.1 Å². The van der Waals surface area contributed by atoms with Crippen LogP contribution in [0.1, 0.15) is 11.6 Å². The van der Waals surface area contributed by atoms with Gasteiger partial charge >= 0.3 is 0 Å². The fraction of sp³-hybridized carbons (Fsp3) is 0.571. The molecule has 0 radical (unpaired) electrons. The molecule has 2 N–H and O–H groups in total. The molecule has 0 heterocycles. The van der Waals surface area contributed by atoms with Gasteiger partial charge in [-0.15, -0.1) is 0 Å². The van der Waals surface area contributed by atoms with Crippen molar-refractivity contribution in [1.29, 1.82) is 0 Å². The third kappa shape index (κ3) is 4.09. The van der Waals surface area contributed by atoms with Gasteiger partial charge in [-0.2, -0.15) is 0 Å². The summed E-state index contributed by atoms with van der Waals surface area (Å²) < 4.78 is 15.7. The molecule has 1 atom stereocenters. The van der Waals surface area contributed by atoms with Gasteiger partial charge in [0.1, 0.15) is 11.5 Å². The molecule has 1 unspecified atom stereocenters. The Bertz CT molecular complexity index is 385. The first-order valence-electron chi connectivity index (χ1n) is 6.29. The topological polar surface area (TPSA) is 57.0 Å². The summed E-state index contributed by atoms with van der Waals surface area (Å²) in [5, 5.41) is 0. The highest BCUT2D eigenvalue weighted by atomic mass is 16.5. The Hall–Kier alpha value is -1.30. The SMILES string of the molecule is COCCN(C)C(CN)c1ccc(OC)cc1OC. The van der Waals surface area contributed by atoms with Crippen LogP contribution in [-0.2, 0) is 4.74 Å². The number of benzene rings is 1. The fourth-order valence-corrected chi connectivity index (χ4v) is 2.03. The van der Waals surface area contributed by atoms with Crippen LogP contribution in [0.4, 0.5) is 0 Å². The maximum absolute atomic E-state index is 5.90. The van der Waals surface area contributed by atoms with Crippen molar-refractivity contribution in [3.63, 3.8) is 0 Å². The van der Waals surface area contributed by atoms with Crippen molar-refractivity contribution in [3.05, 3.63) is 23.8 Å². The van der Waals surface area contributed by atoms with Crippen LogP contribution in [0, 0.1) is 0 Å². The maximum atomic E-state index is 5.90. The molecule has 0 bridgehead atoms. The van der Waals surface area contributed by atoms with Gasteiger partial charge in [-0.3, -0.25) is 4.90 Å². The molecule has 19 heavy (non-hydrogen) atoms. The van der Waals surface area contributed by atoms with E-state index in [0.29, 0.717) is 13.2 Å². The average molecular weight is 268 g/mol. The molecule has 5 nitrogen and oxygen atoms in total. The Kier molecular flexibility index (Phi) is 6.62. The maximum Gasteiger partial charge on any atom is 0.127 e. The molecule has 0 aromatic heterocycles. The Morgan fingerprint density at radius 2 is 1.95 bits per heavy atom. The molecule has 1 rings (SSSR count). The third-order valence-corrected chi connectivity index (χ3v) is 3.20. The van der Waals surface area contributed by atoms with Crippen molar-refractivity contribution < 1.29 is 14.2 Å². The smallest absolute Gasteiger partial charge is 0.127 e. The predicted octanol–water partition coefficient (Wildman–Crippen LogP) is 1.28. The Morgan fingerprint density at radius 3 is 2.47 bits per heavy atom. The van der Waals surface area contributed by atoms with Gasteiger partial charge in [0.25, 0.3) is 0 Å². The van der Waals surface area contributed by atoms with E-state index < -0.39 is 0 Å². The number of hydrogen-bond acceptors (Lipinski definition) is 5. The van der Waals surface area contributed by atoms with E-state index >= 15 is 0 Å². The molecule has 1 aromatic rings. The van der Waals surface area contributed by atoms with E-state index in [9.17, 15) is 0 Å². The van der Waals surface area contributed by atoms with Crippen LogP contribution in [0.15, 0.2) is 18.2 Å². The van der Waals surface area contributed by atoms with Gasteiger partial charge in [0.05, 0.1) is 26.9 Å². The molecular weight excluding hydrogens is 244 g/mol. The van der Waals surface area contributed by atoms with E-state index in [1.807, 2.05) is 25.2 Å². The monoisotopic (exact) mass is 268 g/mol. The van der Waals surface area contributed by atoms with Gasteiger partial charge < -0.3 is 19.9 Å². The second-order valence-corrected chi connectivity index (χ2v) is 4.33. The zero-order valence-corrected chi connectivity index (χ0v) is 12.2. The molecule has 5 heteroatoms. The van der Waals surface area contributed by atoms with Gasteiger partial charge in [0.15, 0.2) is 0 Å². The van der Waals surface area contributed by atoms with E-state index in [4.69, 9.17) is 19.9 Å². The standard InChI is InChI=1S/C14H24N2O3/c1-16(7-8-17-2)13(10-15)12-6-5-11(18-3)9-14(12)19-4/h5-6,9,13H,7-8,10,15H2,1-4H3. The number of methoxy groups -OCH3 is 3. The average Bonchev–Trinajstić information content (AvgIpc) is 2.46. The van der Waals surface area contributed by atoms with Crippen molar-refractivity contribution in [1.82, 2.24) is 4.90 Å². The molecule has 1 aromatic carbocycles. The lowest BCUT2D eigenvalue weighted by Crippen LogP contribution is -2.33. The number of hydrogen-bond donors (Lipinski definition) is 1.